The Bertz CT molecular complexity index is 1030. The summed E-state index contributed by atoms with van der Waals surface area (Å²) < 4.78 is 0. The number of aliphatic hydroxyl groups excluding tert-OH is 5. The summed E-state index contributed by atoms with van der Waals surface area (Å²) >= 11 is 0. The number of aliphatic hydroxyl groups is 6. The van der Waals surface area contributed by atoms with Crippen LogP contribution in [0.15, 0.2) is 11.6 Å². The molecule has 0 aromatic heterocycles. The van der Waals surface area contributed by atoms with Gasteiger partial charge in [-0.25, -0.2) is 0 Å². The maximum Gasteiger partial charge on any atom is 0.310 e. The van der Waals surface area contributed by atoms with Crippen LogP contribution in [0.1, 0.15) is 79.6 Å². The van der Waals surface area contributed by atoms with Gasteiger partial charge in [0.1, 0.15) is 0 Å². The number of aliphatic carboxylic acids is 1. The van der Waals surface area contributed by atoms with Gasteiger partial charge in [0.2, 0.25) is 0 Å². The van der Waals surface area contributed by atoms with Gasteiger partial charge in [0.05, 0.1) is 42.5 Å². The summed E-state index contributed by atoms with van der Waals surface area (Å²) in [6.45, 7) is 9.35. The average Bonchev–Trinajstić information content (AvgIpc) is 2.84. The van der Waals surface area contributed by atoms with Gasteiger partial charge >= 0.3 is 5.97 Å². The molecule has 4 saturated carbocycles. The molecule has 216 valence electrons. The molecule has 0 saturated heterocycles. The minimum atomic E-state index is -1.35. The zero-order valence-electron chi connectivity index (χ0n) is 23.5. The maximum absolute atomic E-state index is 12.9. The molecular formula is C30H48O8. The highest BCUT2D eigenvalue weighted by molar-refractivity contribution is 5.77. The Morgan fingerprint density at radius 3 is 2.16 bits per heavy atom. The number of allylic oxidation sites excluding steroid dienone is 2. The highest BCUT2D eigenvalue weighted by atomic mass is 16.4. The molecule has 0 aromatic carbocycles. The fourth-order valence-electron chi connectivity index (χ4n) is 11.3. The molecule has 0 heterocycles. The number of carboxylic acid groups (broad SMARTS) is 1. The van der Waals surface area contributed by atoms with Crippen molar-refractivity contribution in [3.05, 3.63) is 11.6 Å². The fourth-order valence-corrected chi connectivity index (χ4v) is 11.3. The molecule has 0 spiro atoms. The molecule has 0 amide bonds. The van der Waals surface area contributed by atoms with E-state index in [2.05, 4.69) is 26.8 Å². The van der Waals surface area contributed by atoms with E-state index in [1.807, 2.05) is 6.92 Å². The number of carbonyl (C=O) groups is 1. The Hall–Kier alpha value is -1.03. The number of carboxylic acids is 1. The summed E-state index contributed by atoms with van der Waals surface area (Å²) in [6.07, 6.45) is 2.23. The first-order chi connectivity index (χ1) is 17.5. The van der Waals surface area contributed by atoms with E-state index in [9.17, 15) is 40.5 Å². The summed E-state index contributed by atoms with van der Waals surface area (Å²) in [4.78, 5) is 12.9. The van der Waals surface area contributed by atoms with Crippen LogP contribution in [0.3, 0.4) is 0 Å². The summed E-state index contributed by atoms with van der Waals surface area (Å²) in [5.41, 5.74) is -3.87. The summed E-state index contributed by atoms with van der Waals surface area (Å²) in [7, 11) is 0. The van der Waals surface area contributed by atoms with Crippen LogP contribution < -0.4 is 0 Å². The molecule has 5 rings (SSSR count). The Balaban J connectivity index is 1.66. The van der Waals surface area contributed by atoms with Crippen molar-refractivity contribution in [2.45, 2.75) is 103 Å². The minimum Gasteiger partial charge on any atom is -0.481 e. The van der Waals surface area contributed by atoms with Crippen LogP contribution in [0, 0.1) is 50.7 Å². The van der Waals surface area contributed by atoms with Crippen LogP contribution in [-0.2, 0) is 4.79 Å². The monoisotopic (exact) mass is 536 g/mol. The predicted molar refractivity (Wildman–Crippen MR) is 140 cm³/mol. The minimum absolute atomic E-state index is 0.0260. The van der Waals surface area contributed by atoms with Gasteiger partial charge in [-0.05, 0) is 73.0 Å². The Morgan fingerprint density at radius 2 is 1.58 bits per heavy atom. The standard InChI is InChI=1S/C30H48O8/c1-16-21-17-6-7-20-25(2)12-19(34)23(35)26(3,14-31)22(25)18(33)13-28(20,5)27(17,4)8-9-29(21,24(36)37)10-11-30(16,38)15-32/h6,16,18-23,31-35,38H,7-15H2,1-5H3,(H,36,37). The number of rotatable bonds is 3. The van der Waals surface area contributed by atoms with Gasteiger partial charge in [0.15, 0.2) is 0 Å². The lowest BCUT2D eigenvalue weighted by Gasteiger charge is -2.72. The zero-order chi connectivity index (χ0) is 28.3. The second-order valence-electron chi connectivity index (χ2n) is 14.8. The first-order valence-corrected chi connectivity index (χ1v) is 14.4. The molecule has 13 atom stereocenters. The molecule has 38 heavy (non-hydrogen) atoms. The van der Waals surface area contributed by atoms with Crippen LogP contribution in [0.2, 0.25) is 0 Å². The SMILES string of the molecule is CC1C2C3=CCC4C5(C)CC(O)C(O)C(C)(CO)C5C(O)CC4(C)C3(C)CCC2(C(=O)O)CCC1(O)CO. The molecule has 7 N–H and O–H groups in total. The van der Waals surface area contributed by atoms with E-state index in [4.69, 9.17) is 0 Å². The summed E-state index contributed by atoms with van der Waals surface area (Å²) in [6, 6.07) is 0. The number of hydrogen-bond acceptors (Lipinski definition) is 7. The molecule has 5 aliphatic rings. The largest absolute Gasteiger partial charge is 0.481 e. The predicted octanol–water partition coefficient (Wildman–Crippen LogP) is 2.09. The topological polar surface area (TPSA) is 159 Å². The van der Waals surface area contributed by atoms with Crippen molar-refractivity contribution in [1.82, 2.24) is 0 Å². The third-order valence-corrected chi connectivity index (χ3v) is 13.6. The molecule has 8 nitrogen and oxygen atoms in total. The van der Waals surface area contributed by atoms with Crippen molar-refractivity contribution in [2.75, 3.05) is 13.2 Å². The molecule has 13 unspecified atom stereocenters. The van der Waals surface area contributed by atoms with Gasteiger partial charge in [-0.15, -0.1) is 0 Å². The first-order valence-electron chi connectivity index (χ1n) is 14.4. The van der Waals surface area contributed by atoms with E-state index in [0.717, 1.165) is 5.57 Å². The van der Waals surface area contributed by atoms with Gasteiger partial charge in [-0.3, -0.25) is 4.79 Å². The first kappa shape index (κ1) is 28.5. The van der Waals surface area contributed by atoms with Crippen molar-refractivity contribution >= 4 is 5.97 Å². The van der Waals surface area contributed by atoms with E-state index in [1.54, 1.807) is 6.92 Å². The van der Waals surface area contributed by atoms with Crippen molar-refractivity contribution in [1.29, 1.82) is 0 Å². The Morgan fingerprint density at radius 1 is 0.947 bits per heavy atom. The van der Waals surface area contributed by atoms with Crippen molar-refractivity contribution in [3.63, 3.8) is 0 Å². The van der Waals surface area contributed by atoms with Crippen LogP contribution in [-0.4, -0.2) is 78.8 Å². The van der Waals surface area contributed by atoms with Gasteiger partial charge in [0.25, 0.3) is 0 Å². The molecule has 0 aliphatic heterocycles. The molecule has 4 fully saturated rings. The van der Waals surface area contributed by atoms with Crippen LogP contribution in [0.4, 0.5) is 0 Å². The third kappa shape index (κ3) is 3.16. The van der Waals surface area contributed by atoms with Crippen molar-refractivity contribution in [3.8, 4) is 0 Å². The van der Waals surface area contributed by atoms with E-state index in [0.29, 0.717) is 38.5 Å². The molecule has 0 aromatic rings. The number of fused-ring (bicyclic) bond motifs is 7. The van der Waals surface area contributed by atoms with E-state index in [-0.39, 0.29) is 18.9 Å². The smallest absolute Gasteiger partial charge is 0.310 e. The van der Waals surface area contributed by atoms with Gasteiger partial charge in [-0.1, -0.05) is 46.3 Å². The van der Waals surface area contributed by atoms with Crippen LogP contribution in [0.25, 0.3) is 0 Å². The fraction of sp³-hybridized carbons (Fsp3) is 0.900. The normalized spacial score (nSPS) is 58.1. The quantitative estimate of drug-likeness (QED) is 0.270. The van der Waals surface area contributed by atoms with E-state index >= 15 is 0 Å². The van der Waals surface area contributed by atoms with Crippen LogP contribution in [0.5, 0.6) is 0 Å². The second kappa shape index (κ2) is 8.49. The summed E-state index contributed by atoms with van der Waals surface area (Å²) in [5.74, 6) is -2.12. The second-order valence-corrected chi connectivity index (χ2v) is 14.8. The molecule has 8 heteroatoms. The lowest BCUT2D eigenvalue weighted by molar-refractivity contribution is -0.274. The zero-order valence-corrected chi connectivity index (χ0v) is 23.5. The van der Waals surface area contributed by atoms with Crippen LogP contribution >= 0.6 is 0 Å². The Labute approximate surface area is 225 Å². The highest BCUT2D eigenvalue weighted by Gasteiger charge is 2.73. The molecule has 5 aliphatic carbocycles. The van der Waals surface area contributed by atoms with Crippen molar-refractivity contribution in [2.24, 2.45) is 50.7 Å². The highest BCUT2D eigenvalue weighted by Crippen LogP contribution is 2.75. The lowest BCUT2D eigenvalue weighted by atomic mass is 9.32. The molecule has 0 bridgehead atoms. The van der Waals surface area contributed by atoms with Gasteiger partial charge in [-0.2, -0.15) is 0 Å². The molecule has 0 radical (unpaired) electrons. The molecular weight excluding hydrogens is 488 g/mol. The number of hydrogen-bond donors (Lipinski definition) is 7. The average molecular weight is 537 g/mol. The maximum atomic E-state index is 12.9. The van der Waals surface area contributed by atoms with Gasteiger partial charge in [0, 0.05) is 17.3 Å². The Kier molecular flexibility index (Phi) is 6.37. The van der Waals surface area contributed by atoms with E-state index < -0.39 is 81.3 Å². The van der Waals surface area contributed by atoms with E-state index in [1.165, 1.54) is 0 Å². The van der Waals surface area contributed by atoms with Gasteiger partial charge < -0.3 is 35.7 Å². The third-order valence-electron chi connectivity index (χ3n) is 13.6. The summed E-state index contributed by atoms with van der Waals surface area (Å²) in [5, 5.41) is 76.2. The van der Waals surface area contributed by atoms with Crippen molar-refractivity contribution < 1.29 is 40.5 Å². The lowest BCUT2D eigenvalue weighted by Crippen LogP contribution is -2.72.